The van der Waals surface area contributed by atoms with Crippen LogP contribution in [0.3, 0.4) is 0 Å². The number of hydrogen-bond acceptors (Lipinski definition) is 12. The normalized spacial score (nSPS) is 12.1. The third-order valence-electron chi connectivity index (χ3n) is 5.39. The van der Waals surface area contributed by atoms with Gasteiger partial charge in [0.15, 0.2) is 0 Å². The number of rotatable bonds is 17. The molecule has 0 radical (unpaired) electrons. The van der Waals surface area contributed by atoms with Gasteiger partial charge in [0, 0.05) is 19.8 Å². The van der Waals surface area contributed by atoms with E-state index in [-0.39, 0.29) is 14.9 Å². The molecule has 0 spiro atoms. The lowest BCUT2D eigenvalue weighted by atomic mass is 10.1. The Morgan fingerprint density at radius 1 is 0.347 bits per heavy atom. The molecule has 0 heterocycles. The van der Waals surface area contributed by atoms with Crippen molar-refractivity contribution >= 4 is 0 Å². The van der Waals surface area contributed by atoms with E-state index in [9.17, 15) is 0 Å². The van der Waals surface area contributed by atoms with Crippen LogP contribution in [0.5, 0.6) is 0 Å². The fourth-order valence-electron chi connectivity index (χ4n) is 5.20. The maximum atomic E-state index is 2.38. The fraction of sp³-hybridized carbons (Fsp3) is 1.00. The highest BCUT2D eigenvalue weighted by Gasteiger charge is 2.14. The van der Waals surface area contributed by atoms with Gasteiger partial charge in [-0.3, -0.25) is 44.1 Å². The summed E-state index contributed by atoms with van der Waals surface area (Å²) in [6.07, 6.45) is 0.389. The molecule has 0 aliphatic heterocycles. The van der Waals surface area contributed by atoms with Crippen LogP contribution >= 0.6 is 0 Å². The van der Waals surface area contributed by atoms with E-state index >= 15 is 0 Å². The van der Waals surface area contributed by atoms with Gasteiger partial charge in [-0.1, -0.05) is 35.6 Å². The second kappa shape index (κ2) is 38.7. The smallest absolute Gasteiger partial charge is 0.118 e. The van der Waals surface area contributed by atoms with E-state index in [4.69, 9.17) is 0 Å². The van der Waals surface area contributed by atoms with E-state index in [0.717, 1.165) is 51.6 Å². The maximum absolute atomic E-state index is 2.38. The summed E-state index contributed by atoms with van der Waals surface area (Å²) >= 11 is 0. The lowest BCUT2D eigenvalue weighted by Gasteiger charge is -2.35. The van der Waals surface area contributed by atoms with Gasteiger partial charge in [0.2, 0.25) is 0 Å². The van der Waals surface area contributed by atoms with Gasteiger partial charge in [-0.15, -0.1) is 0 Å². The van der Waals surface area contributed by atoms with E-state index in [0.29, 0.717) is 6.29 Å². The Labute approximate surface area is 313 Å². The van der Waals surface area contributed by atoms with E-state index in [1.54, 1.807) is 0 Å². The third kappa shape index (κ3) is 63.0. The molecule has 0 fully saturated rings. The van der Waals surface area contributed by atoms with Gasteiger partial charge in [-0.05, 0) is 173 Å². The first-order chi connectivity index (χ1) is 21.1. The van der Waals surface area contributed by atoms with Crippen molar-refractivity contribution in [2.45, 2.75) is 41.9 Å². The Bertz CT molecular complexity index is 545. The zero-order valence-electron chi connectivity index (χ0n) is 37.0. The summed E-state index contributed by atoms with van der Waals surface area (Å²) in [5.41, 5.74) is 0. The molecule has 0 rings (SSSR count). The summed E-state index contributed by atoms with van der Waals surface area (Å²) in [5, 5.41) is 0. The van der Waals surface area contributed by atoms with Crippen molar-refractivity contribution in [3.63, 3.8) is 0 Å². The molecule has 49 heavy (non-hydrogen) atoms. The van der Waals surface area contributed by atoms with E-state index in [2.05, 4.69) is 209 Å². The number of nitrogens with zero attached hydrogens (tertiary/aromatic N) is 12. The van der Waals surface area contributed by atoms with Crippen molar-refractivity contribution in [1.82, 2.24) is 58.8 Å². The predicted molar refractivity (Wildman–Crippen MR) is 228 cm³/mol. The van der Waals surface area contributed by atoms with Crippen molar-refractivity contribution in [2.24, 2.45) is 11.8 Å². The first-order valence-corrected chi connectivity index (χ1v) is 17.0. The molecule has 0 N–H and O–H groups in total. The van der Waals surface area contributed by atoms with Crippen molar-refractivity contribution in [3.05, 3.63) is 0 Å². The molecule has 308 valence electrons. The minimum atomic E-state index is 0. The van der Waals surface area contributed by atoms with Crippen LogP contribution in [0.25, 0.3) is 0 Å². The van der Waals surface area contributed by atoms with Crippen LogP contribution in [-0.4, -0.2) is 266 Å². The molecular weight excluding hydrogens is 612 g/mol. The predicted octanol–water partition coefficient (Wildman–Crippen LogP) is 3.09. The van der Waals surface area contributed by atoms with E-state index < -0.39 is 0 Å². The Kier molecular flexibility index (Phi) is 50.3. The Morgan fingerprint density at radius 3 is 0.755 bits per heavy atom. The van der Waals surface area contributed by atoms with Crippen LogP contribution in [0, 0.1) is 11.8 Å². The lowest BCUT2D eigenvalue weighted by Crippen LogP contribution is -2.50. The van der Waals surface area contributed by atoms with Crippen LogP contribution in [0.2, 0.25) is 0 Å². The van der Waals surface area contributed by atoms with Crippen LogP contribution in [0.1, 0.15) is 35.6 Å². The summed E-state index contributed by atoms with van der Waals surface area (Å²) in [4.78, 5) is 26.4. The standard InChI is InChI=1S/C10H25N3.C9H24N4.C7H19N3.C6H15N.C3H9N.2CH4/c1-10(7-11(2)3)8-13(6)9-12(4)5;1-10(2)7-13(8-11(3)4)9-12(5)6;1-8(2)7(9(3)4)10(5)6;1-6(2)5-7(3)4;1-4(2)3;;/h10H,7-9H2,1-6H3;7-9H2,1-6H3;7H,1-6H3;6H,5H2,1-4H3;1-3H3;2*1H4. The summed E-state index contributed by atoms with van der Waals surface area (Å²) < 4.78 is 0. The quantitative estimate of drug-likeness (QED) is 0.208. The fourth-order valence-corrected chi connectivity index (χ4v) is 5.20. The van der Waals surface area contributed by atoms with Crippen molar-refractivity contribution < 1.29 is 0 Å². The zero-order valence-corrected chi connectivity index (χ0v) is 37.0. The van der Waals surface area contributed by atoms with Crippen molar-refractivity contribution in [2.75, 3.05) is 201 Å². The maximum Gasteiger partial charge on any atom is 0.118 e. The molecule has 0 saturated heterocycles. The van der Waals surface area contributed by atoms with Gasteiger partial charge in [-0.2, -0.15) is 0 Å². The molecular formula is C37H100N12. The molecule has 0 aliphatic rings. The minimum absolute atomic E-state index is 0. The molecule has 0 bridgehead atoms. The largest absolute Gasteiger partial charge is 0.312 e. The molecule has 1 unspecified atom stereocenters. The molecule has 0 aromatic carbocycles. The average Bonchev–Trinajstić information content (AvgIpc) is 2.75. The third-order valence-corrected chi connectivity index (χ3v) is 5.39. The van der Waals surface area contributed by atoms with Crippen molar-refractivity contribution in [1.29, 1.82) is 0 Å². The first kappa shape index (κ1) is 63.6. The van der Waals surface area contributed by atoms with Gasteiger partial charge in [-0.25, -0.2) is 0 Å². The first-order valence-electron chi connectivity index (χ1n) is 17.0. The summed E-state index contributed by atoms with van der Waals surface area (Å²) in [7, 11) is 45.8. The molecule has 0 saturated carbocycles. The average molecular weight is 713 g/mol. The molecule has 0 aromatic rings. The summed E-state index contributed by atoms with van der Waals surface area (Å²) in [5.74, 6) is 1.54. The lowest BCUT2D eigenvalue weighted by molar-refractivity contribution is 0.00961. The molecule has 0 aromatic heterocycles. The highest BCUT2D eigenvalue weighted by molar-refractivity contribution is 4.61. The van der Waals surface area contributed by atoms with E-state index in [1.165, 1.54) is 6.54 Å². The van der Waals surface area contributed by atoms with Gasteiger partial charge in [0.25, 0.3) is 0 Å². The molecule has 12 nitrogen and oxygen atoms in total. The second-order valence-electron chi connectivity index (χ2n) is 16.2. The van der Waals surface area contributed by atoms with Gasteiger partial charge in [0.1, 0.15) is 6.29 Å². The number of hydrogen-bond donors (Lipinski definition) is 0. The monoisotopic (exact) mass is 713 g/mol. The van der Waals surface area contributed by atoms with Crippen molar-refractivity contribution in [3.8, 4) is 0 Å². The topological polar surface area (TPSA) is 38.9 Å². The molecule has 0 aliphatic carbocycles. The van der Waals surface area contributed by atoms with Gasteiger partial charge in [0.05, 0.1) is 20.0 Å². The van der Waals surface area contributed by atoms with Crippen LogP contribution in [0.15, 0.2) is 0 Å². The van der Waals surface area contributed by atoms with E-state index in [1.807, 2.05) is 26.0 Å². The minimum Gasteiger partial charge on any atom is -0.312 e. The Balaban J connectivity index is -0.0000000930. The van der Waals surface area contributed by atoms with Crippen LogP contribution in [-0.2, 0) is 0 Å². The molecule has 0 amide bonds. The molecule has 12 heteroatoms. The van der Waals surface area contributed by atoms with Crippen LogP contribution < -0.4 is 0 Å². The summed E-state index contributed by atoms with van der Waals surface area (Å²) in [6.45, 7) is 14.3. The summed E-state index contributed by atoms with van der Waals surface area (Å²) in [6, 6.07) is 0. The van der Waals surface area contributed by atoms with Gasteiger partial charge < -0.3 is 14.7 Å². The zero-order chi connectivity index (χ0) is 38.6. The Morgan fingerprint density at radius 2 is 0.612 bits per heavy atom. The van der Waals surface area contributed by atoms with Gasteiger partial charge >= 0.3 is 0 Å². The SMILES string of the molecule is C.C.CC(C)CN(C)C.CC(CN(C)C)CN(C)CN(C)C.CN(C)C.CN(C)C(N(C)C)N(C)C.CN(C)CN(CN(C)C)CN(C)C. The highest BCUT2D eigenvalue weighted by atomic mass is 15.5. The Hall–Kier alpha value is -0.480. The molecule has 1 atom stereocenters. The van der Waals surface area contributed by atoms with Crippen LogP contribution in [0.4, 0.5) is 0 Å². The highest BCUT2D eigenvalue weighted by Crippen LogP contribution is 2.00. The second-order valence-corrected chi connectivity index (χ2v) is 16.2.